The molecule has 1 aromatic carbocycles. The molecular formula is C20H22N4O5. The molecule has 2 aromatic heterocycles. The molecule has 0 aliphatic carbocycles. The van der Waals surface area contributed by atoms with Crippen LogP contribution in [0.4, 0.5) is 11.4 Å². The van der Waals surface area contributed by atoms with E-state index in [0.717, 1.165) is 4.68 Å². The molecule has 3 N–H and O–H groups in total. The average molecular weight is 398 g/mol. The van der Waals surface area contributed by atoms with Crippen LogP contribution in [0.1, 0.15) is 11.5 Å². The number of rotatable bonds is 6. The van der Waals surface area contributed by atoms with E-state index in [1.54, 1.807) is 31.2 Å². The Morgan fingerprint density at radius 2 is 1.79 bits per heavy atom. The van der Waals surface area contributed by atoms with Gasteiger partial charge in [0.15, 0.2) is 0 Å². The molecule has 0 saturated carbocycles. The standard InChI is InChI=1S/C20H22N4O5/c1-11-5-16(12(2)29-11)18-9-17(21)20(26)24(23-18)10-19(25)22-13-6-14(27-3)8-15(7-13)28-4/h5-9H,10,21H2,1-4H3,(H,22,25). The van der Waals surface area contributed by atoms with Gasteiger partial charge in [-0.3, -0.25) is 9.59 Å². The van der Waals surface area contributed by atoms with Crippen molar-refractivity contribution in [2.24, 2.45) is 0 Å². The summed E-state index contributed by atoms with van der Waals surface area (Å²) in [6.07, 6.45) is 0. The minimum Gasteiger partial charge on any atom is -0.497 e. The van der Waals surface area contributed by atoms with Gasteiger partial charge >= 0.3 is 0 Å². The van der Waals surface area contributed by atoms with Crippen LogP contribution in [-0.2, 0) is 11.3 Å². The summed E-state index contributed by atoms with van der Waals surface area (Å²) >= 11 is 0. The van der Waals surface area contributed by atoms with Gasteiger partial charge in [-0.15, -0.1) is 0 Å². The summed E-state index contributed by atoms with van der Waals surface area (Å²) in [7, 11) is 3.02. The molecule has 2 heterocycles. The lowest BCUT2D eigenvalue weighted by molar-refractivity contribution is -0.117. The number of benzene rings is 1. The van der Waals surface area contributed by atoms with Gasteiger partial charge in [-0.1, -0.05) is 0 Å². The lowest BCUT2D eigenvalue weighted by Gasteiger charge is -2.11. The number of nitrogen functional groups attached to an aromatic ring is 1. The van der Waals surface area contributed by atoms with Crippen molar-refractivity contribution in [2.45, 2.75) is 20.4 Å². The first kappa shape index (κ1) is 20.0. The number of carbonyl (C=O) groups excluding carboxylic acids is 1. The Morgan fingerprint density at radius 3 is 2.34 bits per heavy atom. The van der Waals surface area contributed by atoms with Crippen LogP contribution in [0.5, 0.6) is 11.5 Å². The van der Waals surface area contributed by atoms with Crippen LogP contribution < -0.4 is 26.1 Å². The summed E-state index contributed by atoms with van der Waals surface area (Å²) in [5.74, 6) is 1.94. The first-order chi connectivity index (χ1) is 13.8. The van der Waals surface area contributed by atoms with E-state index >= 15 is 0 Å². The number of aromatic nitrogens is 2. The highest BCUT2D eigenvalue weighted by atomic mass is 16.5. The van der Waals surface area contributed by atoms with E-state index in [0.29, 0.717) is 40.0 Å². The molecule has 3 rings (SSSR count). The second-order valence-electron chi connectivity index (χ2n) is 6.42. The van der Waals surface area contributed by atoms with Crippen LogP contribution in [0.2, 0.25) is 0 Å². The predicted molar refractivity (Wildman–Crippen MR) is 108 cm³/mol. The van der Waals surface area contributed by atoms with Crippen molar-refractivity contribution in [3.8, 4) is 22.8 Å². The van der Waals surface area contributed by atoms with Crippen molar-refractivity contribution in [1.82, 2.24) is 9.78 Å². The summed E-state index contributed by atoms with van der Waals surface area (Å²) in [5.41, 5.74) is 6.91. The first-order valence-corrected chi connectivity index (χ1v) is 8.78. The Morgan fingerprint density at radius 1 is 1.14 bits per heavy atom. The largest absolute Gasteiger partial charge is 0.497 e. The van der Waals surface area contributed by atoms with Gasteiger partial charge in [-0.05, 0) is 26.0 Å². The number of furan rings is 1. The number of aryl methyl sites for hydroxylation is 2. The molecule has 0 aliphatic rings. The Bertz CT molecular complexity index is 1090. The van der Waals surface area contributed by atoms with Crippen LogP contribution in [0.15, 0.2) is 39.5 Å². The second kappa shape index (κ2) is 8.09. The third-order valence-electron chi connectivity index (χ3n) is 4.25. The van der Waals surface area contributed by atoms with Crippen LogP contribution >= 0.6 is 0 Å². The zero-order valence-electron chi connectivity index (χ0n) is 16.6. The van der Waals surface area contributed by atoms with Gasteiger partial charge in [0.1, 0.15) is 35.3 Å². The minimum atomic E-state index is -0.551. The lowest BCUT2D eigenvalue weighted by atomic mass is 10.1. The lowest BCUT2D eigenvalue weighted by Crippen LogP contribution is -2.31. The van der Waals surface area contributed by atoms with Gasteiger partial charge in [0.2, 0.25) is 5.91 Å². The predicted octanol–water partition coefficient (Wildman–Crippen LogP) is 2.36. The number of amides is 1. The number of methoxy groups -OCH3 is 2. The fraction of sp³-hybridized carbons (Fsp3) is 0.250. The number of nitrogens with one attached hydrogen (secondary N) is 1. The number of ether oxygens (including phenoxy) is 2. The highest BCUT2D eigenvalue weighted by molar-refractivity contribution is 5.91. The van der Waals surface area contributed by atoms with Crippen LogP contribution in [-0.4, -0.2) is 29.9 Å². The average Bonchev–Trinajstić information content (AvgIpc) is 3.02. The number of nitrogens with two attached hydrogens (primary N) is 1. The monoisotopic (exact) mass is 398 g/mol. The van der Waals surface area contributed by atoms with Gasteiger partial charge in [0.05, 0.1) is 19.9 Å². The maximum Gasteiger partial charge on any atom is 0.290 e. The van der Waals surface area contributed by atoms with E-state index < -0.39 is 11.5 Å². The number of nitrogens with zero attached hydrogens (tertiary/aromatic N) is 2. The molecule has 0 unspecified atom stereocenters. The molecule has 9 heteroatoms. The second-order valence-corrected chi connectivity index (χ2v) is 6.42. The van der Waals surface area contributed by atoms with Crippen molar-refractivity contribution in [3.63, 3.8) is 0 Å². The summed E-state index contributed by atoms with van der Waals surface area (Å²) in [6.45, 7) is 3.29. The van der Waals surface area contributed by atoms with Crippen molar-refractivity contribution in [1.29, 1.82) is 0 Å². The molecule has 0 atom stereocenters. The van der Waals surface area contributed by atoms with Gasteiger partial charge in [0.25, 0.3) is 5.56 Å². The Labute approximate surface area is 167 Å². The molecular weight excluding hydrogens is 376 g/mol. The molecule has 0 fully saturated rings. The molecule has 0 spiro atoms. The van der Waals surface area contributed by atoms with Gasteiger partial charge < -0.3 is 24.9 Å². The third kappa shape index (κ3) is 4.40. The van der Waals surface area contributed by atoms with Gasteiger partial charge in [-0.25, -0.2) is 4.68 Å². The summed E-state index contributed by atoms with van der Waals surface area (Å²) < 4.78 is 16.9. The number of hydrogen-bond acceptors (Lipinski definition) is 7. The van der Waals surface area contributed by atoms with E-state index in [4.69, 9.17) is 19.6 Å². The molecule has 0 aliphatic heterocycles. The Balaban J connectivity index is 1.87. The van der Waals surface area contributed by atoms with Gasteiger partial charge in [-0.2, -0.15) is 5.10 Å². The third-order valence-corrected chi connectivity index (χ3v) is 4.25. The fourth-order valence-corrected chi connectivity index (χ4v) is 2.90. The zero-order chi connectivity index (χ0) is 21.1. The van der Waals surface area contributed by atoms with Crippen molar-refractivity contribution in [3.05, 3.63) is 52.2 Å². The molecule has 9 nitrogen and oxygen atoms in total. The Hall–Kier alpha value is -3.75. The normalized spacial score (nSPS) is 10.6. The van der Waals surface area contributed by atoms with Crippen molar-refractivity contribution in [2.75, 3.05) is 25.3 Å². The van der Waals surface area contributed by atoms with Crippen LogP contribution in [0.3, 0.4) is 0 Å². The maximum atomic E-state index is 12.5. The topological polar surface area (TPSA) is 122 Å². The summed E-state index contributed by atoms with van der Waals surface area (Å²) in [5, 5.41) is 6.98. The molecule has 0 bridgehead atoms. The number of hydrogen-bond donors (Lipinski definition) is 2. The summed E-state index contributed by atoms with van der Waals surface area (Å²) in [4.78, 5) is 24.9. The number of anilines is 2. The van der Waals surface area contributed by atoms with E-state index in [9.17, 15) is 9.59 Å². The molecule has 29 heavy (non-hydrogen) atoms. The van der Waals surface area contributed by atoms with E-state index in [1.807, 2.05) is 6.92 Å². The van der Waals surface area contributed by atoms with Crippen LogP contribution in [0, 0.1) is 13.8 Å². The van der Waals surface area contributed by atoms with Crippen LogP contribution in [0.25, 0.3) is 11.3 Å². The SMILES string of the molecule is COc1cc(NC(=O)Cn2nc(-c3cc(C)oc3C)cc(N)c2=O)cc(OC)c1. The number of carbonyl (C=O) groups is 1. The molecule has 1 amide bonds. The van der Waals surface area contributed by atoms with Crippen molar-refractivity contribution >= 4 is 17.3 Å². The summed E-state index contributed by atoms with van der Waals surface area (Å²) in [6, 6.07) is 8.23. The zero-order valence-corrected chi connectivity index (χ0v) is 16.6. The maximum absolute atomic E-state index is 12.5. The first-order valence-electron chi connectivity index (χ1n) is 8.78. The molecule has 3 aromatic rings. The highest BCUT2D eigenvalue weighted by Gasteiger charge is 2.15. The van der Waals surface area contributed by atoms with E-state index in [2.05, 4.69) is 10.4 Å². The fourth-order valence-electron chi connectivity index (χ4n) is 2.90. The van der Waals surface area contributed by atoms with Gasteiger partial charge in [0, 0.05) is 29.4 Å². The quantitative estimate of drug-likeness (QED) is 0.653. The molecule has 152 valence electrons. The Kier molecular flexibility index (Phi) is 5.58. The minimum absolute atomic E-state index is 0.0101. The van der Waals surface area contributed by atoms with Crippen molar-refractivity contribution < 1.29 is 18.7 Å². The van der Waals surface area contributed by atoms with E-state index in [1.165, 1.54) is 20.3 Å². The molecule has 0 saturated heterocycles. The van der Waals surface area contributed by atoms with E-state index in [-0.39, 0.29) is 12.2 Å². The highest BCUT2D eigenvalue weighted by Crippen LogP contribution is 2.26. The molecule has 0 radical (unpaired) electrons. The smallest absolute Gasteiger partial charge is 0.290 e.